The van der Waals surface area contributed by atoms with Crippen LogP contribution in [0.3, 0.4) is 0 Å². The highest BCUT2D eigenvalue weighted by molar-refractivity contribution is 7.13. The monoisotopic (exact) mass is 258 g/mol. The summed E-state index contributed by atoms with van der Waals surface area (Å²) in [4.78, 5) is 4.31. The molecule has 0 saturated heterocycles. The Kier molecular flexibility index (Phi) is 3.35. The molecule has 0 amide bonds. The first kappa shape index (κ1) is 12.6. The van der Waals surface area contributed by atoms with Crippen molar-refractivity contribution in [2.45, 2.75) is 20.8 Å². The second-order valence-electron chi connectivity index (χ2n) is 4.17. The van der Waals surface area contributed by atoms with E-state index in [9.17, 15) is 0 Å². The van der Waals surface area contributed by atoms with Gasteiger partial charge in [0, 0.05) is 10.9 Å². The first-order valence-electron chi connectivity index (χ1n) is 5.59. The van der Waals surface area contributed by atoms with Gasteiger partial charge in [-0.1, -0.05) is 0 Å². The van der Waals surface area contributed by atoms with E-state index in [1.807, 2.05) is 13.8 Å². The standard InChI is InChI=1S/C14H14N2OS/c1-8-5-12(9(2)10(3)13(8)17-4)14-16-11(6-15)7-18-14/h5,7H,1-4H3. The molecule has 4 heteroatoms. The minimum atomic E-state index is 0.473. The number of rotatable bonds is 2. The minimum absolute atomic E-state index is 0.473. The van der Waals surface area contributed by atoms with Crippen LogP contribution in [-0.4, -0.2) is 12.1 Å². The molecule has 0 unspecified atom stereocenters. The van der Waals surface area contributed by atoms with Crippen LogP contribution in [0.2, 0.25) is 0 Å². The molecule has 18 heavy (non-hydrogen) atoms. The van der Waals surface area contributed by atoms with Gasteiger partial charge >= 0.3 is 0 Å². The summed E-state index contributed by atoms with van der Waals surface area (Å²) in [5.41, 5.74) is 4.92. The molecule has 0 aliphatic carbocycles. The number of nitrogens with zero attached hydrogens (tertiary/aromatic N) is 2. The summed E-state index contributed by atoms with van der Waals surface area (Å²) in [5.74, 6) is 0.924. The van der Waals surface area contributed by atoms with Crippen LogP contribution in [0.25, 0.3) is 10.6 Å². The van der Waals surface area contributed by atoms with Crippen LogP contribution in [0.1, 0.15) is 22.4 Å². The van der Waals surface area contributed by atoms with E-state index in [1.165, 1.54) is 11.3 Å². The molecule has 1 heterocycles. The number of nitriles is 1. The van der Waals surface area contributed by atoms with Crippen molar-refractivity contribution in [2.24, 2.45) is 0 Å². The fourth-order valence-electron chi connectivity index (χ4n) is 2.04. The summed E-state index contributed by atoms with van der Waals surface area (Å²) in [6, 6.07) is 4.13. The lowest BCUT2D eigenvalue weighted by molar-refractivity contribution is 0.408. The highest BCUT2D eigenvalue weighted by Crippen LogP contribution is 2.35. The largest absolute Gasteiger partial charge is 0.496 e. The average Bonchev–Trinajstić information content (AvgIpc) is 2.83. The van der Waals surface area contributed by atoms with Crippen molar-refractivity contribution in [1.82, 2.24) is 4.98 Å². The Bertz CT molecular complexity index is 638. The summed E-state index contributed by atoms with van der Waals surface area (Å²) in [6.45, 7) is 6.12. The third-order valence-electron chi connectivity index (χ3n) is 3.08. The van der Waals surface area contributed by atoms with Crippen molar-refractivity contribution in [3.63, 3.8) is 0 Å². The predicted octanol–water partition coefficient (Wildman–Crippen LogP) is 3.62. The Morgan fingerprint density at radius 2 is 2.00 bits per heavy atom. The normalized spacial score (nSPS) is 10.2. The lowest BCUT2D eigenvalue weighted by Gasteiger charge is -2.14. The molecule has 2 aromatic rings. The molecule has 0 N–H and O–H groups in total. The maximum absolute atomic E-state index is 8.83. The van der Waals surface area contributed by atoms with Gasteiger partial charge in [0.25, 0.3) is 0 Å². The average molecular weight is 258 g/mol. The number of aromatic nitrogens is 1. The summed E-state index contributed by atoms with van der Waals surface area (Å²) in [7, 11) is 1.69. The Labute approximate surface area is 111 Å². The molecule has 1 aromatic heterocycles. The van der Waals surface area contributed by atoms with Gasteiger partial charge < -0.3 is 4.74 Å². The lowest BCUT2D eigenvalue weighted by Crippen LogP contribution is -1.96. The van der Waals surface area contributed by atoms with Crippen molar-refractivity contribution in [3.05, 3.63) is 33.8 Å². The molecule has 92 valence electrons. The van der Waals surface area contributed by atoms with Crippen molar-refractivity contribution >= 4 is 11.3 Å². The van der Waals surface area contributed by atoms with Gasteiger partial charge in [-0.25, -0.2) is 4.98 Å². The maximum atomic E-state index is 8.83. The molecular formula is C14H14N2OS. The number of hydrogen-bond donors (Lipinski definition) is 0. The van der Waals surface area contributed by atoms with Crippen LogP contribution in [0.15, 0.2) is 11.4 Å². The van der Waals surface area contributed by atoms with E-state index in [1.54, 1.807) is 12.5 Å². The van der Waals surface area contributed by atoms with Crippen LogP contribution in [0.4, 0.5) is 0 Å². The van der Waals surface area contributed by atoms with Gasteiger partial charge in [-0.2, -0.15) is 5.26 Å². The van der Waals surface area contributed by atoms with E-state index in [0.29, 0.717) is 5.69 Å². The summed E-state index contributed by atoms with van der Waals surface area (Å²) >= 11 is 1.50. The molecule has 2 rings (SSSR count). The SMILES string of the molecule is COc1c(C)cc(-c2nc(C#N)cs2)c(C)c1C. The van der Waals surface area contributed by atoms with E-state index in [-0.39, 0.29) is 0 Å². The van der Waals surface area contributed by atoms with Gasteiger partial charge in [-0.3, -0.25) is 0 Å². The molecule has 0 aliphatic heterocycles. The zero-order valence-electron chi connectivity index (χ0n) is 10.9. The van der Waals surface area contributed by atoms with Gasteiger partial charge in [0.2, 0.25) is 0 Å². The molecule has 0 atom stereocenters. The van der Waals surface area contributed by atoms with Crippen LogP contribution < -0.4 is 4.74 Å². The van der Waals surface area contributed by atoms with Crippen LogP contribution in [0.5, 0.6) is 5.75 Å². The summed E-state index contributed by atoms with van der Waals surface area (Å²) < 4.78 is 5.40. The Balaban J connectivity index is 2.63. The van der Waals surface area contributed by atoms with Gasteiger partial charge in [0.05, 0.1) is 7.11 Å². The lowest BCUT2D eigenvalue weighted by atomic mass is 9.99. The number of benzene rings is 1. The van der Waals surface area contributed by atoms with E-state index < -0.39 is 0 Å². The Morgan fingerprint density at radius 1 is 1.28 bits per heavy atom. The van der Waals surface area contributed by atoms with Gasteiger partial charge in [0.15, 0.2) is 5.69 Å². The van der Waals surface area contributed by atoms with Crippen LogP contribution >= 0.6 is 11.3 Å². The maximum Gasteiger partial charge on any atom is 0.152 e. The van der Waals surface area contributed by atoms with Crippen molar-refractivity contribution < 1.29 is 4.74 Å². The van der Waals surface area contributed by atoms with Gasteiger partial charge in [-0.15, -0.1) is 11.3 Å². The molecule has 0 bridgehead atoms. The number of thiazole rings is 1. The smallest absolute Gasteiger partial charge is 0.152 e. The molecular weight excluding hydrogens is 244 g/mol. The molecule has 0 aliphatic rings. The van der Waals surface area contributed by atoms with Crippen molar-refractivity contribution in [2.75, 3.05) is 7.11 Å². The highest BCUT2D eigenvalue weighted by Gasteiger charge is 2.14. The second kappa shape index (κ2) is 4.79. The topological polar surface area (TPSA) is 45.9 Å². The summed E-state index contributed by atoms with van der Waals surface area (Å²) in [6.07, 6.45) is 0. The van der Waals surface area contributed by atoms with Crippen LogP contribution in [-0.2, 0) is 0 Å². The number of hydrogen-bond acceptors (Lipinski definition) is 4. The fraction of sp³-hybridized carbons (Fsp3) is 0.286. The van der Waals surface area contributed by atoms with E-state index in [4.69, 9.17) is 10.00 Å². The zero-order valence-corrected chi connectivity index (χ0v) is 11.7. The predicted molar refractivity (Wildman–Crippen MR) is 73.0 cm³/mol. The Morgan fingerprint density at radius 3 is 2.56 bits per heavy atom. The molecule has 3 nitrogen and oxygen atoms in total. The number of ether oxygens (including phenoxy) is 1. The number of methoxy groups -OCH3 is 1. The van der Waals surface area contributed by atoms with Crippen molar-refractivity contribution in [3.8, 4) is 22.4 Å². The third-order valence-corrected chi connectivity index (χ3v) is 3.95. The Hall–Kier alpha value is -1.86. The third kappa shape index (κ3) is 1.98. The number of aryl methyl sites for hydroxylation is 1. The molecule has 0 radical (unpaired) electrons. The fourth-order valence-corrected chi connectivity index (χ4v) is 2.86. The van der Waals surface area contributed by atoms with Crippen LogP contribution in [0, 0.1) is 32.1 Å². The molecule has 0 fully saturated rings. The van der Waals surface area contributed by atoms with E-state index in [0.717, 1.165) is 33.0 Å². The zero-order chi connectivity index (χ0) is 13.3. The first-order valence-corrected chi connectivity index (χ1v) is 6.47. The van der Waals surface area contributed by atoms with E-state index in [2.05, 4.69) is 24.0 Å². The first-order chi connectivity index (χ1) is 8.58. The van der Waals surface area contributed by atoms with E-state index >= 15 is 0 Å². The molecule has 1 aromatic carbocycles. The van der Waals surface area contributed by atoms with Gasteiger partial charge in [-0.05, 0) is 43.5 Å². The molecule has 0 spiro atoms. The minimum Gasteiger partial charge on any atom is -0.496 e. The molecule has 0 saturated carbocycles. The van der Waals surface area contributed by atoms with Gasteiger partial charge in [0.1, 0.15) is 16.8 Å². The van der Waals surface area contributed by atoms with Crippen molar-refractivity contribution in [1.29, 1.82) is 5.26 Å². The summed E-state index contributed by atoms with van der Waals surface area (Å²) in [5, 5.41) is 11.5. The quantitative estimate of drug-likeness (QED) is 0.826. The second-order valence-corrected chi connectivity index (χ2v) is 5.03. The highest BCUT2D eigenvalue weighted by atomic mass is 32.1.